The topological polar surface area (TPSA) is 32.6 Å². The van der Waals surface area contributed by atoms with Crippen molar-refractivity contribution in [1.29, 1.82) is 0 Å². The van der Waals surface area contributed by atoms with Crippen LogP contribution in [0.25, 0.3) is 81.0 Å². The van der Waals surface area contributed by atoms with E-state index in [1.54, 1.807) is 0 Å². The number of nitrogens with one attached hydrogen (secondary N) is 1. The van der Waals surface area contributed by atoms with Gasteiger partial charge in [-0.05, 0) is 71.8 Å². The van der Waals surface area contributed by atoms with Crippen LogP contribution in [0.1, 0.15) is 23.7 Å². The maximum absolute atomic E-state index is 5.41. The molecule has 3 unspecified atom stereocenters. The van der Waals surface area contributed by atoms with Gasteiger partial charge in [0, 0.05) is 57.0 Å². The maximum atomic E-state index is 5.41. The summed E-state index contributed by atoms with van der Waals surface area (Å²) in [6.07, 6.45) is 5.93. The number of aromatic nitrogens is 1. The molecule has 12 rings (SSSR count). The minimum absolute atomic E-state index is 0.0153. The Labute approximate surface area is 344 Å². The zero-order valence-electron chi connectivity index (χ0n) is 31.8. The van der Waals surface area contributed by atoms with Crippen LogP contribution in [-0.4, -0.2) is 28.5 Å². The molecule has 7 aromatic carbocycles. The standard InChI is InChI=1S/C52H38N4S2/c1-55-51(33-16-6-3-7-17-33)53-50(32-14-4-2-5-15-32)54-52(55)35-27-29-39-47(31-35)57-44-24-12-20-36(48(39)44)34-26-28-40-46(30-34)58-45-25-13-23-43(49(40)45)56-41-21-10-8-18-37(41)38-19-9-11-22-42(38)56/h2-26,28-31,35,51-52H,27H2,1H3,(H,53,54). The number of hydrogen-bond acceptors (Lipinski definition) is 5. The molecule has 1 aliphatic carbocycles. The van der Waals surface area contributed by atoms with Crippen molar-refractivity contribution in [3.63, 3.8) is 0 Å². The van der Waals surface area contributed by atoms with Crippen LogP contribution in [0.4, 0.5) is 0 Å². The van der Waals surface area contributed by atoms with Crippen LogP contribution in [0.15, 0.2) is 169 Å². The zero-order chi connectivity index (χ0) is 38.3. The van der Waals surface area contributed by atoms with E-state index in [4.69, 9.17) is 4.99 Å². The second-order valence-corrected chi connectivity index (χ2v) is 17.7. The van der Waals surface area contributed by atoms with Gasteiger partial charge in [0.25, 0.3) is 0 Å². The van der Waals surface area contributed by atoms with E-state index in [1.807, 2.05) is 22.7 Å². The molecule has 278 valence electrons. The van der Waals surface area contributed by atoms with E-state index in [0.717, 1.165) is 17.8 Å². The summed E-state index contributed by atoms with van der Waals surface area (Å²) in [6.45, 7) is 0. The Bertz CT molecular complexity index is 3340. The molecule has 6 heteroatoms. The largest absolute Gasteiger partial charge is 0.350 e. The van der Waals surface area contributed by atoms with Gasteiger partial charge in [0.05, 0.1) is 16.7 Å². The summed E-state index contributed by atoms with van der Waals surface area (Å²) in [7, 11) is 2.21. The number of para-hydroxylation sites is 2. The second-order valence-electron chi connectivity index (χ2n) is 15.5. The average Bonchev–Trinajstić information content (AvgIpc) is 3.96. The molecule has 4 nitrogen and oxygen atoms in total. The van der Waals surface area contributed by atoms with Crippen molar-refractivity contribution in [2.24, 2.45) is 10.9 Å². The van der Waals surface area contributed by atoms with Gasteiger partial charge in [-0.3, -0.25) is 4.90 Å². The molecular formula is C52H38N4S2. The van der Waals surface area contributed by atoms with E-state index in [0.29, 0.717) is 0 Å². The Balaban J connectivity index is 0.960. The van der Waals surface area contributed by atoms with Gasteiger partial charge in [0.2, 0.25) is 0 Å². The molecule has 1 aliphatic heterocycles. The molecule has 58 heavy (non-hydrogen) atoms. The third-order valence-electron chi connectivity index (χ3n) is 12.3. The number of thiophene rings is 2. The number of hydrogen-bond donors (Lipinski definition) is 1. The fraction of sp³-hybridized carbons (Fsp3) is 0.0962. The lowest BCUT2D eigenvalue weighted by Crippen LogP contribution is -2.52. The monoisotopic (exact) mass is 782 g/mol. The second kappa shape index (κ2) is 13.4. The summed E-state index contributed by atoms with van der Waals surface area (Å²) in [5.41, 5.74) is 8.63. The van der Waals surface area contributed by atoms with E-state index in [9.17, 15) is 0 Å². The predicted octanol–water partition coefficient (Wildman–Crippen LogP) is 11.6. The number of benzene rings is 7. The molecule has 0 bridgehead atoms. The molecule has 3 atom stereocenters. The number of rotatable bonds is 5. The van der Waals surface area contributed by atoms with Crippen LogP contribution in [0.2, 0.25) is 0 Å². The van der Waals surface area contributed by atoms with E-state index < -0.39 is 0 Å². The van der Waals surface area contributed by atoms with Crippen LogP contribution in [-0.2, 0) is 0 Å². The molecule has 0 radical (unpaired) electrons. The van der Waals surface area contributed by atoms with Crippen LogP contribution >= 0.6 is 22.7 Å². The van der Waals surface area contributed by atoms with Gasteiger partial charge < -0.3 is 9.88 Å². The van der Waals surface area contributed by atoms with Crippen LogP contribution in [0.5, 0.6) is 0 Å². The summed E-state index contributed by atoms with van der Waals surface area (Å²) >= 11 is 3.81. The molecule has 0 spiro atoms. The quantitative estimate of drug-likeness (QED) is 0.189. The fourth-order valence-corrected chi connectivity index (χ4v) is 12.0. The van der Waals surface area contributed by atoms with Gasteiger partial charge in [-0.15, -0.1) is 22.7 Å². The highest BCUT2D eigenvalue weighted by Crippen LogP contribution is 2.43. The Morgan fingerprint density at radius 1 is 0.603 bits per heavy atom. The van der Waals surface area contributed by atoms with Crippen molar-refractivity contribution in [3.8, 4) is 16.8 Å². The minimum Gasteiger partial charge on any atom is -0.350 e. The summed E-state index contributed by atoms with van der Waals surface area (Å²) in [4.78, 5) is 7.82. The summed E-state index contributed by atoms with van der Waals surface area (Å²) in [6, 6.07) is 59.6. The SMILES string of the molecule is CN1C(c2ccccc2)NC(c2ccccc2)=NC1C1C=c2sc3cccc(-c4ccc5c(c4)sc4cccc(-n6c7ccccc7c7ccccc76)c45)c3c2=CC1. The van der Waals surface area contributed by atoms with Crippen molar-refractivity contribution in [1.82, 2.24) is 14.8 Å². The highest BCUT2D eigenvalue weighted by atomic mass is 32.1. The highest BCUT2D eigenvalue weighted by Gasteiger charge is 2.35. The molecule has 3 aromatic heterocycles. The van der Waals surface area contributed by atoms with Crippen LogP contribution in [0.3, 0.4) is 0 Å². The van der Waals surface area contributed by atoms with Gasteiger partial charge in [0.1, 0.15) is 18.2 Å². The number of nitrogens with zero attached hydrogens (tertiary/aromatic N) is 3. The van der Waals surface area contributed by atoms with Crippen LogP contribution < -0.4 is 15.1 Å². The lowest BCUT2D eigenvalue weighted by molar-refractivity contribution is 0.127. The van der Waals surface area contributed by atoms with Gasteiger partial charge in [-0.1, -0.05) is 140 Å². The maximum Gasteiger partial charge on any atom is 0.131 e. The molecule has 0 fully saturated rings. The Morgan fingerprint density at radius 2 is 1.29 bits per heavy atom. The van der Waals surface area contributed by atoms with Crippen molar-refractivity contribution in [2.75, 3.05) is 7.05 Å². The first-order valence-electron chi connectivity index (χ1n) is 20.0. The predicted molar refractivity (Wildman–Crippen MR) is 248 cm³/mol. The molecule has 0 saturated heterocycles. The van der Waals surface area contributed by atoms with Gasteiger partial charge in [-0.2, -0.15) is 0 Å². The lowest BCUT2D eigenvalue weighted by atomic mass is 9.93. The summed E-state index contributed by atoms with van der Waals surface area (Å²) in [5.74, 6) is 1.19. The van der Waals surface area contributed by atoms with Crippen LogP contribution in [0, 0.1) is 5.92 Å². The smallest absolute Gasteiger partial charge is 0.131 e. The molecule has 10 aromatic rings. The molecule has 0 saturated carbocycles. The molecule has 1 N–H and O–H groups in total. The van der Waals surface area contributed by atoms with Crippen molar-refractivity contribution in [3.05, 3.63) is 185 Å². The Hall–Kier alpha value is -6.31. The third-order valence-corrected chi connectivity index (χ3v) is 14.5. The normalized spacial score (nSPS) is 18.3. The van der Waals surface area contributed by atoms with Crippen molar-refractivity contribution >= 4 is 92.7 Å². The van der Waals surface area contributed by atoms with E-state index in [-0.39, 0.29) is 18.2 Å². The zero-order valence-corrected chi connectivity index (χ0v) is 33.5. The highest BCUT2D eigenvalue weighted by molar-refractivity contribution is 7.26. The summed E-state index contributed by atoms with van der Waals surface area (Å²) in [5, 5.41) is 11.7. The third kappa shape index (κ3) is 5.26. The van der Waals surface area contributed by atoms with Gasteiger partial charge >= 0.3 is 0 Å². The van der Waals surface area contributed by atoms with Crippen molar-refractivity contribution in [2.45, 2.75) is 18.8 Å². The van der Waals surface area contributed by atoms with Crippen molar-refractivity contribution < 1.29 is 0 Å². The lowest BCUT2D eigenvalue weighted by Gasteiger charge is -2.41. The van der Waals surface area contributed by atoms with E-state index in [1.165, 1.54) is 84.2 Å². The first-order valence-corrected chi connectivity index (χ1v) is 21.7. The molecule has 2 aliphatic rings. The number of aliphatic imine (C=N–C) groups is 1. The van der Waals surface area contributed by atoms with Gasteiger partial charge in [-0.25, -0.2) is 4.99 Å². The fourth-order valence-electron chi connectivity index (χ4n) is 9.57. The number of fused-ring (bicyclic) bond motifs is 9. The molecular weight excluding hydrogens is 745 g/mol. The van der Waals surface area contributed by atoms with Gasteiger partial charge in [0.15, 0.2) is 0 Å². The van der Waals surface area contributed by atoms with E-state index in [2.05, 4.69) is 198 Å². The summed E-state index contributed by atoms with van der Waals surface area (Å²) < 4.78 is 7.75. The Morgan fingerprint density at radius 3 is 2.07 bits per heavy atom. The number of amidine groups is 1. The molecule has 0 amide bonds. The minimum atomic E-state index is -0.0153. The average molecular weight is 783 g/mol. The first kappa shape index (κ1) is 33.8. The molecule has 4 heterocycles. The first-order chi connectivity index (χ1) is 28.7. The Kier molecular flexibility index (Phi) is 7.80. The van der Waals surface area contributed by atoms with E-state index >= 15 is 0 Å².